The number of thiazole rings is 1. The summed E-state index contributed by atoms with van der Waals surface area (Å²) >= 11 is 1.65. The van der Waals surface area contributed by atoms with Crippen LogP contribution < -0.4 is 10.6 Å². The third-order valence-corrected chi connectivity index (χ3v) is 4.28. The van der Waals surface area contributed by atoms with Crippen molar-refractivity contribution in [2.45, 2.75) is 26.8 Å². The van der Waals surface area contributed by atoms with Crippen molar-refractivity contribution in [3.05, 3.63) is 40.7 Å². The molecule has 0 bridgehead atoms. The second-order valence-corrected chi connectivity index (χ2v) is 5.94. The third kappa shape index (κ3) is 4.16. The number of hydrogen-bond acceptors (Lipinski definition) is 6. The second-order valence-electron chi connectivity index (χ2n) is 4.76. The zero-order valence-electron chi connectivity index (χ0n) is 12.2. The van der Waals surface area contributed by atoms with Crippen LogP contribution >= 0.6 is 11.3 Å². The zero-order chi connectivity index (χ0) is 15.2. The van der Waals surface area contributed by atoms with Crippen molar-refractivity contribution < 1.29 is 5.21 Å². The predicted molar refractivity (Wildman–Crippen MR) is 84.9 cm³/mol. The zero-order valence-corrected chi connectivity index (χ0v) is 13.0. The summed E-state index contributed by atoms with van der Waals surface area (Å²) in [6, 6.07) is 3.94. The Bertz CT molecular complexity index is 592. The summed E-state index contributed by atoms with van der Waals surface area (Å²) in [7, 11) is 0. The molecule has 0 unspecified atom stereocenters. The minimum absolute atomic E-state index is 0.219. The molecular weight excluding hydrogens is 286 g/mol. The molecule has 0 aliphatic rings. The van der Waals surface area contributed by atoms with Gasteiger partial charge < -0.3 is 15.8 Å². The molecule has 0 aromatic carbocycles. The minimum atomic E-state index is 0.219. The van der Waals surface area contributed by atoms with E-state index in [0.717, 1.165) is 16.4 Å². The van der Waals surface area contributed by atoms with E-state index in [1.54, 1.807) is 17.5 Å². The third-order valence-electron chi connectivity index (χ3n) is 3.15. The largest absolute Gasteiger partial charge is 0.409 e. The molecule has 0 saturated carbocycles. The average Bonchev–Trinajstić information content (AvgIpc) is 2.83. The standard InChI is InChI=1S/C14H19N5OS/c1-10-11(2)21-14(17-10)19(7-5-13(15)18-20)9-12-4-3-6-16-8-12/h3-4,6,8,20H,5,7,9H2,1-2H3,(H2,15,18). The van der Waals surface area contributed by atoms with Crippen LogP contribution in [0.5, 0.6) is 0 Å². The van der Waals surface area contributed by atoms with Gasteiger partial charge in [0.15, 0.2) is 5.13 Å². The number of aryl methyl sites for hydroxylation is 2. The predicted octanol–water partition coefficient (Wildman–Crippen LogP) is 2.30. The van der Waals surface area contributed by atoms with E-state index in [0.29, 0.717) is 19.5 Å². The van der Waals surface area contributed by atoms with Crippen molar-refractivity contribution in [1.82, 2.24) is 9.97 Å². The molecule has 0 aliphatic heterocycles. The monoisotopic (exact) mass is 305 g/mol. The highest BCUT2D eigenvalue weighted by molar-refractivity contribution is 7.15. The van der Waals surface area contributed by atoms with Gasteiger partial charge in [-0.05, 0) is 25.5 Å². The first-order valence-electron chi connectivity index (χ1n) is 6.64. The summed E-state index contributed by atoms with van der Waals surface area (Å²) in [6.45, 7) is 5.39. The summed E-state index contributed by atoms with van der Waals surface area (Å²) in [5.74, 6) is 0.219. The highest BCUT2D eigenvalue weighted by atomic mass is 32.1. The van der Waals surface area contributed by atoms with Crippen molar-refractivity contribution >= 4 is 22.3 Å². The molecule has 0 amide bonds. The van der Waals surface area contributed by atoms with E-state index < -0.39 is 0 Å². The van der Waals surface area contributed by atoms with Crippen LogP contribution in [0.15, 0.2) is 29.7 Å². The SMILES string of the molecule is Cc1nc(N(CCC(N)=NO)Cc2cccnc2)sc1C. The van der Waals surface area contributed by atoms with Crippen molar-refractivity contribution in [2.24, 2.45) is 10.9 Å². The lowest BCUT2D eigenvalue weighted by atomic mass is 10.2. The van der Waals surface area contributed by atoms with Gasteiger partial charge in [0.25, 0.3) is 0 Å². The molecule has 0 spiro atoms. The first-order valence-corrected chi connectivity index (χ1v) is 7.46. The van der Waals surface area contributed by atoms with Gasteiger partial charge in [-0.15, -0.1) is 11.3 Å². The Morgan fingerprint density at radius 1 is 1.48 bits per heavy atom. The summed E-state index contributed by atoms with van der Waals surface area (Å²) in [5, 5.41) is 12.6. The quantitative estimate of drug-likeness (QED) is 0.370. The fourth-order valence-electron chi connectivity index (χ4n) is 1.84. The van der Waals surface area contributed by atoms with Crippen molar-refractivity contribution in [3.8, 4) is 0 Å². The Morgan fingerprint density at radius 2 is 2.29 bits per heavy atom. The summed E-state index contributed by atoms with van der Waals surface area (Å²) in [5.41, 5.74) is 7.71. The number of nitrogens with zero attached hydrogens (tertiary/aromatic N) is 4. The number of amidine groups is 1. The van der Waals surface area contributed by atoms with Gasteiger partial charge in [-0.2, -0.15) is 0 Å². The van der Waals surface area contributed by atoms with E-state index in [9.17, 15) is 0 Å². The molecule has 6 nitrogen and oxygen atoms in total. The lowest BCUT2D eigenvalue weighted by Gasteiger charge is -2.21. The lowest BCUT2D eigenvalue weighted by molar-refractivity contribution is 0.317. The van der Waals surface area contributed by atoms with Crippen molar-refractivity contribution in [2.75, 3.05) is 11.4 Å². The van der Waals surface area contributed by atoms with Crippen LogP contribution in [0.4, 0.5) is 5.13 Å². The summed E-state index contributed by atoms with van der Waals surface area (Å²) in [4.78, 5) is 12.0. The van der Waals surface area contributed by atoms with Crippen LogP contribution in [-0.2, 0) is 6.54 Å². The summed E-state index contributed by atoms with van der Waals surface area (Å²) in [6.07, 6.45) is 4.07. The smallest absolute Gasteiger partial charge is 0.186 e. The van der Waals surface area contributed by atoms with Crippen LogP contribution in [0.1, 0.15) is 22.6 Å². The first-order chi connectivity index (χ1) is 10.1. The topological polar surface area (TPSA) is 87.6 Å². The molecular formula is C14H19N5OS. The van der Waals surface area contributed by atoms with Crippen LogP contribution in [-0.4, -0.2) is 27.6 Å². The molecule has 0 aliphatic carbocycles. The van der Waals surface area contributed by atoms with E-state index in [-0.39, 0.29) is 5.84 Å². The fraction of sp³-hybridized carbons (Fsp3) is 0.357. The number of hydrogen-bond donors (Lipinski definition) is 2. The van der Waals surface area contributed by atoms with Gasteiger partial charge in [0, 0.05) is 36.8 Å². The molecule has 2 rings (SSSR count). The van der Waals surface area contributed by atoms with Crippen LogP contribution in [0.25, 0.3) is 0 Å². The highest BCUT2D eigenvalue weighted by Crippen LogP contribution is 2.26. The van der Waals surface area contributed by atoms with Crippen molar-refractivity contribution in [3.63, 3.8) is 0 Å². The molecule has 2 aromatic rings. The van der Waals surface area contributed by atoms with Gasteiger partial charge in [0.1, 0.15) is 5.84 Å². The molecule has 3 N–H and O–H groups in total. The molecule has 7 heteroatoms. The Balaban J connectivity index is 2.17. The molecule has 0 saturated heterocycles. The van der Waals surface area contributed by atoms with E-state index in [4.69, 9.17) is 10.9 Å². The van der Waals surface area contributed by atoms with Crippen LogP contribution in [0, 0.1) is 13.8 Å². The van der Waals surface area contributed by atoms with Crippen LogP contribution in [0.2, 0.25) is 0 Å². The molecule has 21 heavy (non-hydrogen) atoms. The van der Waals surface area contributed by atoms with E-state index in [1.165, 1.54) is 4.88 Å². The number of anilines is 1. The first kappa shape index (κ1) is 15.2. The van der Waals surface area contributed by atoms with Crippen molar-refractivity contribution in [1.29, 1.82) is 0 Å². The molecule has 0 atom stereocenters. The number of oxime groups is 1. The van der Waals surface area contributed by atoms with E-state index >= 15 is 0 Å². The number of aromatic nitrogens is 2. The Labute approximate surface area is 128 Å². The normalized spacial score (nSPS) is 11.6. The average molecular weight is 305 g/mol. The van der Waals surface area contributed by atoms with Gasteiger partial charge in [-0.1, -0.05) is 11.2 Å². The summed E-state index contributed by atoms with van der Waals surface area (Å²) < 4.78 is 0. The molecule has 112 valence electrons. The molecule has 2 heterocycles. The van der Waals surface area contributed by atoms with Gasteiger partial charge in [0.2, 0.25) is 0 Å². The maximum atomic E-state index is 8.68. The van der Waals surface area contributed by atoms with Gasteiger partial charge in [0.05, 0.1) is 5.69 Å². The second kappa shape index (κ2) is 7.03. The number of rotatable bonds is 6. The van der Waals surface area contributed by atoms with E-state index in [2.05, 4.69) is 26.9 Å². The Morgan fingerprint density at radius 3 is 2.86 bits per heavy atom. The fourth-order valence-corrected chi connectivity index (χ4v) is 2.78. The van der Waals surface area contributed by atoms with Crippen LogP contribution in [0.3, 0.4) is 0 Å². The Kier molecular flexibility index (Phi) is 5.10. The number of nitrogens with two attached hydrogens (primary N) is 1. The van der Waals surface area contributed by atoms with Gasteiger partial charge >= 0.3 is 0 Å². The maximum absolute atomic E-state index is 8.68. The maximum Gasteiger partial charge on any atom is 0.186 e. The van der Waals surface area contributed by atoms with Gasteiger partial charge in [-0.3, -0.25) is 4.98 Å². The molecule has 0 radical (unpaired) electrons. The van der Waals surface area contributed by atoms with E-state index in [1.807, 2.05) is 25.3 Å². The molecule has 2 aromatic heterocycles. The minimum Gasteiger partial charge on any atom is -0.409 e. The lowest BCUT2D eigenvalue weighted by Crippen LogP contribution is -2.27. The molecule has 0 fully saturated rings. The van der Waals surface area contributed by atoms with Gasteiger partial charge in [-0.25, -0.2) is 4.98 Å². The number of pyridine rings is 1. The Hall–Kier alpha value is -2.15. The highest BCUT2D eigenvalue weighted by Gasteiger charge is 2.14.